The van der Waals surface area contributed by atoms with E-state index in [0.29, 0.717) is 0 Å². The minimum Gasteiger partial charge on any atom is -0.265 e. The lowest BCUT2D eigenvalue weighted by Crippen LogP contribution is -2.08. The Bertz CT molecular complexity index is 314. The van der Waals surface area contributed by atoms with Crippen molar-refractivity contribution in [1.29, 1.82) is 5.26 Å². The van der Waals surface area contributed by atoms with Crippen LogP contribution in [0.5, 0.6) is 0 Å². The normalized spacial score (nSPS) is 10.9. The molecule has 1 heterocycles. The SMILES string of the molecule is CC(C)(C#N)CCSc1ccncc1. The van der Waals surface area contributed by atoms with Crippen LogP contribution in [0.2, 0.25) is 0 Å². The third-order valence-electron chi connectivity index (χ3n) is 1.95. The summed E-state index contributed by atoms with van der Waals surface area (Å²) < 4.78 is 0. The summed E-state index contributed by atoms with van der Waals surface area (Å²) in [5.74, 6) is 0.977. The van der Waals surface area contributed by atoms with Crippen LogP contribution in [0, 0.1) is 16.7 Å². The molecule has 1 rings (SSSR count). The van der Waals surface area contributed by atoms with Crippen LogP contribution < -0.4 is 0 Å². The largest absolute Gasteiger partial charge is 0.265 e. The molecule has 0 atom stereocenters. The van der Waals surface area contributed by atoms with E-state index < -0.39 is 0 Å². The molecular formula is C11H14N2S. The molecule has 2 nitrogen and oxygen atoms in total. The second kappa shape index (κ2) is 5.02. The molecule has 0 saturated heterocycles. The second-order valence-corrected chi connectivity index (χ2v) is 4.95. The van der Waals surface area contributed by atoms with Gasteiger partial charge in [-0.05, 0) is 38.2 Å². The van der Waals surface area contributed by atoms with Crippen molar-refractivity contribution in [3.05, 3.63) is 24.5 Å². The number of thioether (sulfide) groups is 1. The number of hydrogen-bond acceptors (Lipinski definition) is 3. The van der Waals surface area contributed by atoms with Gasteiger partial charge >= 0.3 is 0 Å². The van der Waals surface area contributed by atoms with Crippen LogP contribution in [0.25, 0.3) is 0 Å². The monoisotopic (exact) mass is 206 g/mol. The first-order valence-corrected chi connectivity index (χ1v) is 5.57. The van der Waals surface area contributed by atoms with Crippen LogP contribution in [0.4, 0.5) is 0 Å². The van der Waals surface area contributed by atoms with Gasteiger partial charge in [0.1, 0.15) is 0 Å². The van der Waals surface area contributed by atoms with Crippen molar-refractivity contribution in [3.63, 3.8) is 0 Å². The van der Waals surface area contributed by atoms with Gasteiger partial charge in [0, 0.05) is 17.3 Å². The first-order chi connectivity index (χ1) is 6.64. The van der Waals surface area contributed by atoms with E-state index >= 15 is 0 Å². The number of nitrogens with zero attached hydrogens (tertiary/aromatic N) is 2. The average molecular weight is 206 g/mol. The molecule has 0 aromatic carbocycles. The molecule has 0 saturated carbocycles. The Morgan fingerprint density at radius 2 is 2.07 bits per heavy atom. The predicted octanol–water partition coefficient (Wildman–Crippen LogP) is 3.11. The molecule has 0 fully saturated rings. The van der Waals surface area contributed by atoms with Crippen LogP contribution in [-0.2, 0) is 0 Å². The molecule has 0 bridgehead atoms. The van der Waals surface area contributed by atoms with Gasteiger partial charge in [0.2, 0.25) is 0 Å². The number of pyridine rings is 1. The molecule has 0 radical (unpaired) electrons. The molecule has 0 aliphatic rings. The van der Waals surface area contributed by atoms with E-state index in [0.717, 1.165) is 12.2 Å². The summed E-state index contributed by atoms with van der Waals surface area (Å²) in [5.41, 5.74) is -0.208. The Hall–Kier alpha value is -1.01. The molecule has 1 aromatic heterocycles. The summed E-state index contributed by atoms with van der Waals surface area (Å²) >= 11 is 1.77. The summed E-state index contributed by atoms with van der Waals surface area (Å²) in [6.07, 6.45) is 4.49. The smallest absolute Gasteiger partial charge is 0.0684 e. The van der Waals surface area contributed by atoms with E-state index in [2.05, 4.69) is 11.1 Å². The highest BCUT2D eigenvalue weighted by molar-refractivity contribution is 7.99. The van der Waals surface area contributed by atoms with Crippen LogP contribution in [0.15, 0.2) is 29.4 Å². The summed E-state index contributed by atoms with van der Waals surface area (Å²) in [6.45, 7) is 3.94. The van der Waals surface area contributed by atoms with E-state index in [-0.39, 0.29) is 5.41 Å². The second-order valence-electron chi connectivity index (χ2n) is 3.78. The Balaban J connectivity index is 2.34. The van der Waals surface area contributed by atoms with Crippen LogP contribution in [-0.4, -0.2) is 10.7 Å². The standard InChI is InChI=1S/C11H14N2S/c1-11(2,9-12)5-8-14-10-3-6-13-7-4-10/h3-4,6-7H,5,8H2,1-2H3. The van der Waals surface area contributed by atoms with Gasteiger partial charge in [-0.2, -0.15) is 5.26 Å². The first-order valence-electron chi connectivity index (χ1n) is 4.58. The molecule has 0 aliphatic carbocycles. The maximum absolute atomic E-state index is 8.82. The van der Waals surface area contributed by atoms with Crippen molar-refractivity contribution in [2.24, 2.45) is 5.41 Å². The van der Waals surface area contributed by atoms with Gasteiger partial charge in [-0.15, -0.1) is 11.8 Å². The fourth-order valence-electron chi connectivity index (χ4n) is 0.914. The molecule has 3 heteroatoms. The molecule has 0 N–H and O–H groups in total. The lowest BCUT2D eigenvalue weighted by atomic mass is 9.93. The highest BCUT2D eigenvalue weighted by Crippen LogP contribution is 2.25. The molecule has 14 heavy (non-hydrogen) atoms. The Kier molecular flexibility index (Phi) is 3.97. The summed E-state index contributed by atoms with van der Waals surface area (Å²) in [5, 5.41) is 8.82. The van der Waals surface area contributed by atoms with Crippen molar-refractivity contribution in [1.82, 2.24) is 4.98 Å². The van der Waals surface area contributed by atoms with E-state index in [4.69, 9.17) is 5.26 Å². The van der Waals surface area contributed by atoms with Gasteiger partial charge in [-0.1, -0.05) is 0 Å². The maximum atomic E-state index is 8.82. The lowest BCUT2D eigenvalue weighted by Gasteiger charge is -2.13. The predicted molar refractivity (Wildman–Crippen MR) is 59.0 cm³/mol. The van der Waals surface area contributed by atoms with Gasteiger partial charge in [-0.3, -0.25) is 4.98 Å². The van der Waals surface area contributed by atoms with Crippen LogP contribution in [0.3, 0.4) is 0 Å². The number of hydrogen-bond donors (Lipinski definition) is 0. The van der Waals surface area contributed by atoms with Crippen molar-refractivity contribution in [2.45, 2.75) is 25.2 Å². The molecule has 1 aromatic rings. The van der Waals surface area contributed by atoms with Gasteiger partial charge in [0.15, 0.2) is 0 Å². The highest BCUT2D eigenvalue weighted by Gasteiger charge is 2.15. The summed E-state index contributed by atoms with van der Waals surface area (Å²) in [6, 6.07) is 6.28. The minimum atomic E-state index is -0.208. The first kappa shape index (κ1) is 11.1. The van der Waals surface area contributed by atoms with Crippen molar-refractivity contribution < 1.29 is 0 Å². The molecule has 0 amide bonds. The zero-order valence-corrected chi connectivity index (χ0v) is 9.34. The van der Waals surface area contributed by atoms with Gasteiger partial charge < -0.3 is 0 Å². The topological polar surface area (TPSA) is 36.7 Å². The van der Waals surface area contributed by atoms with Crippen molar-refractivity contribution in [3.8, 4) is 6.07 Å². The zero-order chi connectivity index (χ0) is 10.4. The molecular weight excluding hydrogens is 192 g/mol. The van der Waals surface area contributed by atoms with Crippen molar-refractivity contribution >= 4 is 11.8 Å². The van der Waals surface area contributed by atoms with Gasteiger partial charge in [0.05, 0.1) is 11.5 Å². The Morgan fingerprint density at radius 1 is 1.43 bits per heavy atom. The van der Waals surface area contributed by atoms with Crippen molar-refractivity contribution in [2.75, 3.05) is 5.75 Å². The van der Waals surface area contributed by atoms with E-state index in [1.165, 1.54) is 4.90 Å². The highest BCUT2D eigenvalue weighted by atomic mass is 32.2. The van der Waals surface area contributed by atoms with E-state index in [9.17, 15) is 0 Å². The van der Waals surface area contributed by atoms with E-state index in [1.807, 2.05) is 26.0 Å². The van der Waals surface area contributed by atoms with Gasteiger partial charge in [0.25, 0.3) is 0 Å². The number of rotatable bonds is 4. The quantitative estimate of drug-likeness (QED) is 0.710. The minimum absolute atomic E-state index is 0.208. The lowest BCUT2D eigenvalue weighted by molar-refractivity contribution is 0.482. The van der Waals surface area contributed by atoms with E-state index in [1.54, 1.807) is 24.2 Å². The molecule has 0 spiro atoms. The van der Waals surface area contributed by atoms with Crippen LogP contribution in [0.1, 0.15) is 20.3 Å². The fraction of sp³-hybridized carbons (Fsp3) is 0.455. The number of nitriles is 1. The van der Waals surface area contributed by atoms with Gasteiger partial charge in [-0.25, -0.2) is 0 Å². The third-order valence-corrected chi connectivity index (χ3v) is 2.96. The Labute approximate surface area is 89.4 Å². The average Bonchev–Trinajstić information content (AvgIpc) is 2.19. The summed E-state index contributed by atoms with van der Waals surface area (Å²) in [7, 11) is 0. The summed E-state index contributed by atoms with van der Waals surface area (Å²) in [4.78, 5) is 5.17. The van der Waals surface area contributed by atoms with Crippen LogP contribution >= 0.6 is 11.8 Å². The number of aromatic nitrogens is 1. The third kappa shape index (κ3) is 3.80. The molecule has 0 aliphatic heterocycles. The Morgan fingerprint density at radius 3 is 2.64 bits per heavy atom. The zero-order valence-electron chi connectivity index (χ0n) is 8.53. The molecule has 74 valence electrons. The molecule has 0 unspecified atom stereocenters. The maximum Gasteiger partial charge on any atom is 0.0684 e. The fourth-order valence-corrected chi connectivity index (χ4v) is 2.08.